The zero-order chi connectivity index (χ0) is 19.1. The number of rotatable bonds is 4. The highest BCUT2D eigenvalue weighted by atomic mass is 32.2. The van der Waals surface area contributed by atoms with Gasteiger partial charge in [-0.05, 0) is 42.0 Å². The minimum atomic E-state index is -4.14. The van der Waals surface area contributed by atoms with Crippen LogP contribution in [0.25, 0.3) is 22.4 Å². The Balaban J connectivity index is 2.24. The number of nitrogens with zero attached hydrogens (tertiary/aromatic N) is 1. The Labute approximate surface area is 146 Å². The summed E-state index contributed by atoms with van der Waals surface area (Å²) in [5, 5.41) is 3.69. The molecule has 3 rings (SSSR count). The second-order valence-corrected chi connectivity index (χ2v) is 7.46. The summed E-state index contributed by atoms with van der Waals surface area (Å²) in [5.74, 6) is -3.45. The van der Waals surface area contributed by atoms with E-state index in [1.807, 2.05) is 0 Å². The van der Waals surface area contributed by atoms with Gasteiger partial charge in [0.1, 0.15) is 28.0 Å². The molecule has 0 amide bonds. The number of halogens is 4. The van der Waals surface area contributed by atoms with E-state index < -0.39 is 38.9 Å². The van der Waals surface area contributed by atoms with Gasteiger partial charge in [-0.15, -0.1) is 0 Å². The van der Waals surface area contributed by atoms with Crippen molar-refractivity contribution in [3.8, 4) is 22.4 Å². The van der Waals surface area contributed by atoms with Crippen LogP contribution < -0.4 is 0 Å². The highest BCUT2D eigenvalue weighted by Crippen LogP contribution is 2.37. The minimum Gasteiger partial charge on any atom is -0.357 e. The van der Waals surface area contributed by atoms with Crippen LogP contribution in [0.3, 0.4) is 0 Å². The van der Waals surface area contributed by atoms with E-state index in [1.165, 1.54) is 12.1 Å². The number of hydrogen-bond acceptors (Lipinski definition) is 4. The Morgan fingerprint density at radius 2 is 1.58 bits per heavy atom. The molecule has 1 aromatic heterocycles. The van der Waals surface area contributed by atoms with Gasteiger partial charge in [0.15, 0.2) is 22.3 Å². The van der Waals surface area contributed by atoms with Crippen molar-refractivity contribution < 1.29 is 30.5 Å². The zero-order valence-electron chi connectivity index (χ0n) is 13.3. The highest BCUT2D eigenvalue weighted by Gasteiger charge is 2.25. The molecule has 0 unspecified atom stereocenters. The first-order valence-electron chi connectivity index (χ1n) is 7.22. The van der Waals surface area contributed by atoms with E-state index in [9.17, 15) is 26.0 Å². The van der Waals surface area contributed by atoms with Crippen molar-refractivity contribution in [3.05, 3.63) is 59.6 Å². The second-order valence-electron chi connectivity index (χ2n) is 5.51. The topological polar surface area (TPSA) is 60.2 Å². The monoisotopic (exact) mass is 385 g/mol. The molecule has 136 valence electrons. The van der Waals surface area contributed by atoms with Crippen molar-refractivity contribution >= 4 is 9.84 Å². The molecule has 0 saturated heterocycles. The van der Waals surface area contributed by atoms with Gasteiger partial charge in [-0.25, -0.2) is 26.0 Å². The van der Waals surface area contributed by atoms with Crippen LogP contribution in [0.15, 0.2) is 45.8 Å². The molecule has 3 aromatic rings. The largest absolute Gasteiger partial charge is 0.357 e. The van der Waals surface area contributed by atoms with Gasteiger partial charge in [-0.2, -0.15) is 0 Å². The standard InChI is InChI=1S/C17H11F4NO3S/c1-26(23,24)17-12(20)6-10(7-13(17)21)15-14(8-18)25-22-16(15)9-2-4-11(19)5-3-9/h2-7H,8H2,1H3. The first kappa shape index (κ1) is 18.1. The first-order chi connectivity index (χ1) is 12.2. The van der Waals surface area contributed by atoms with Crippen LogP contribution >= 0.6 is 0 Å². The summed E-state index contributed by atoms with van der Waals surface area (Å²) in [7, 11) is -4.14. The van der Waals surface area contributed by atoms with Crippen molar-refractivity contribution in [2.24, 2.45) is 0 Å². The molecule has 0 fully saturated rings. The fourth-order valence-electron chi connectivity index (χ4n) is 2.58. The third-order valence-electron chi connectivity index (χ3n) is 3.66. The Morgan fingerprint density at radius 3 is 2.08 bits per heavy atom. The maximum absolute atomic E-state index is 14.2. The molecule has 2 aromatic carbocycles. The molecular weight excluding hydrogens is 374 g/mol. The van der Waals surface area contributed by atoms with Crippen LogP contribution in [0.1, 0.15) is 5.76 Å². The molecule has 0 aliphatic heterocycles. The lowest BCUT2D eigenvalue weighted by Gasteiger charge is -2.08. The SMILES string of the molecule is CS(=O)(=O)c1c(F)cc(-c2c(-c3ccc(F)cc3)noc2CF)cc1F. The predicted molar refractivity (Wildman–Crippen MR) is 85.2 cm³/mol. The molecule has 26 heavy (non-hydrogen) atoms. The lowest BCUT2D eigenvalue weighted by molar-refractivity contribution is 0.332. The Bertz CT molecular complexity index is 1050. The summed E-state index contributed by atoms with van der Waals surface area (Å²) in [4.78, 5) is -1.08. The number of alkyl halides is 1. The zero-order valence-corrected chi connectivity index (χ0v) is 14.1. The van der Waals surface area contributed by atoms with Gasteiger partial charge in [0.25, 0.3) is 0 Å². The summed E-state index contributed by atoms with van der Waals surface area (Å²) in [6.07, 6.45) is 0.671. The molecule has 0 atom stereocenters. The second kappa shape index (κ2) is 6.56. The van der Waals surface area contributed by atoms with Gasteiger partial charge in [0.05, 0.1) is 5.56 Å². The molecular formula is C17H11F4NO3S. The van der Waals surface area contributed by atoms with Gasteiger partial charge in [0.2, 0.25) is 0 Å². The van der Waals surface area contributed by atoms with E-state index in [0.717, 1.165) is 24.3 Å². The summed E-state index contributed by atoms with van der Waals surface area (Å²) in [5.41, 5.74) is 0.180. The van der Waals surface area contributed by atoms with Gasteiger partial charge >= 0.3 is 0 Å². The lowest BCUT2D eigenvalue weighted by Crippen LogP contribution is -2.05. The first-order valence-corrected chi connectivity index (χ1v) is 9.11. The third kappa shape index (κ3) is 3.22. The number of sulfone groups is 1. The number of aromatic nitrogens is 1. The quantitative estimate of drug-likeness (QED) is 0.629. The molecule has 4 nitrogen and oxygen atoms in total. The summed E-state index contributed by atoms with van der Waals surface area (Å²) >= 11 is 0. The molecule has 9 heteroatoms. The van der Waals surface area contributed by atoms with E-state index in [4.69, 9.17) is 4.52 Å². The average Bonchev–Trinajstić information content (AvgIpc) is 2.97. The fourth-order valence-corrected chi connectivity index (χ4v) is 3.40. The maximum atomic E-state index is 14.2. The van der Waals surface area contributed by atoms with Crippen LogP contribution in [0, 0.1) is 17.5 Å². The molecule has 0 aliphatic carbocycles. The van der Waals surface area contributed by atoms with Gasteiger partial charge in [-0.1, -0.05) is 5.16 Å². The van der Waals surface area contributed by atoms with Crippen LogP contribution in [0.4, 0.5) is 17.6 Å². The highest BCUT2D eigenvalue weighted by molar-refractivity contribution is 7.90. The van der Waals surface area contributed by atoms with Gasteiger partial charge < -0.3 is 4.52 Å². The van der Waals surface area contributed by atoms with E-state index in [0.29, 0.717) is 11.8 Å². The Morgan fingerprint density at radius 1 is 1.00 bits per heavy atom. The van der Waals surface area contributed by atoms with Crippen LogP contribution in [0.2, 0.25) is 0 Å². The van der Waals surface area contributed by atoms with Crippen molar-refractivity contribution in [2.45, 2.75) is 11.6 Å². The van der Waals surface area contributed by atoms with Crippen molar-refractivity contribution in [1.82, 2.24) is 5.16 Å². The van der Waals surface area contributed by atoms with Gasteiger partial charge in [-0.3, -0.25) is 0 Å². The number of benzene rings is 2. The molecule has 1 heterocycles. The minimum absolute atomic E-state index is 0.0445. The summed E-state index contributed by atoms with van der Waals surface area (Å²) in [6, 6.07) is 6.48. The maximum Gasteiger partial charge on any atom is 0.181 e. The molecule has 0 radical (unpaired) electrons. The van der Waals surface area contributed by atoms with E-state index in [-0.39, 0.29) is 22.6 Å². The van der Waals surface area contributed by atoms with Crippen molar-refractivity contribution in [2.75, 3.05) is 6.26 Å². The predicted octanol–water partition coefficient (Wildman–Crippen LogP) is 4.30. The van der Waals surface area contributed by atoms with Crippen molar-refractivity contribution in [1.29, 1.82) is 0 Å². The number of hydrogen-bond donors (Lipinski definition) is 0. The van der Waals surface area contributed by atoms with Crippen LogP contribution in [-0.4, -0.2) is 19.8 Å². The smallest absolute Gasteiger partial charge is 0.181 e. The Hall–Kier alpha value is -2.68. The van der Waals surface area contributed by atoms with Gasteiger partial charge in [0, 0.05) is 11.8 Å². The van der Waals surface area contributed by atoms with E-state index in [2.05, 4.69) is 5.16 Å². The molecule has 0 spiro atoms. The Kier molecular flexibility index (Phi) is 4.57. The van der Waals surface area contributed by atoms with Crippen molar-refractivity contribution in [3.63, 3.8) is 0 Å². The molecule has 0 N–H and O–H groups in total. The molecule has 0 bridgehead atoms. The normalized spacial score (nSPS) is 11.7. The summed E-state index contributed by atoms with van der Waals surface area (Å²) < 4.78 is 82.7. The van der Waals surface area contributed by atoms with E-state index in [1.54, 1.807) is 0 Å². The molecule has 0 aliphatic rings. The molecule has 0 saturated carbocycles. The van der Waals surface area contributed by atoms with Crippen LogP contribution in [-0.2, 0) is 16.5 Å². The fraction of sp³-hybridized carbons (Fsp3) is 0.118. The third-order valence-corrected chi connectivity index (χ3v) is 4.79. The summed E-state index contributed by atoms with van der Waals surface area (Å²) in [6.45, 7) is -1.11. The average molecular weight is 385 g/mol. The van der Waals surface area contributed by atoms with E-state index >= 15 is 0 Å². The van der Waals surface area contributed by atoms with Crippen LogP contribution in [0.5, 0.6) is 0 Å². The lowest BCUT2D eigenvalue weighted by atomic mass is 9.99.